The van der Waals surface area contributed by atoms with Crippen LogP contribution in [-0.4, -0.2) is 37.3 Å². The van der Waals surface area contributed by atoms with Crippen LogP contribution in [0.25, 0.3) is 0 Å². The van der Waals surface area contributed by atoms with E-state index in [9.17, 15) is 8.42 Å². The molecule has 6 nitrogen and oxygen atoms in total. The van der Waals surface area contributed by atoms with E-state index >= 15 is 0 Å². The van der Waals surface area contributed by atoms with Crippen LogP contribution in [0.2, 0.25) is 5.02 Å². The molecule has 0 saturated carbocycles. The van der Waals surface area contributed by atoms with E-state index in [0.29, 0.717) is 13.0 Å². The Labute approximate surface area is 153 Å². The second-order valence-corrected chi connectivity index (χ2v) is 7.31. The minimum atomic E-state index is -3.81. The summed E-state index contributed by atoms with van der Waals surface area (Å²) >= 11 is 5.85. The largest absolute Gasteiger partial charge is 0.383 e. The Morgan fingerprint density at radius 1 is 1.17 bits per heavy atom. The first-order chi connectivity index (χ1) is 10.9. The number of halogens is 2. The minimum absolute atomic E-state index is 0. The average Bonchev–Trinajstić information content (AvgIpc) is 2.54. The average molecular weight is 391 g/mol. The Morgan fingerprint density at radius 3 is 2.46 bits per heavy atom. The number of hydrogen-bond donors (Lipinski definition) is 2. The van der Waals surface area contributed by atoms with Crippen molar-refractivity contribution in [3.63, 3.8) is 0 Å². The maximum Gasteiger partial charge on any atom is 0.246 e. The lowest BCUT2D eigenvalue weighted by molar-refractivity contribution is 0.422. The van der Waals surface area contributed by atoms with Crippen molar-refractivity contribution < 1.29 is 8.42 Å². The summed E-state index contributed by atoms with van der Waals surface area (Å²) < 4.78 is 26.9. The van der Waals surface area contributed by atoms with Crippen LogP contribution in [0.4, 0.5) is 5.82 Å². The standard InChI is InChI=1S/C15H19ClN4O2S.ClH/c16-13-10-14(15(18)19-11-13)23(21,22)20(9-7-17)8-6-12-4-2-1-3-5-12;/h1-5,10-11H,6-9,17H2,(H2,18,19);1H. The fraction of sp³-hybridized carbons (Fsp3) is 0.267. The molecule has 1 aromatic heterocycles. The van der Waals surface area contributed by atoms with Gasteiger partial charge in [-0.15, -0.1) is 12.4 Å². The van der Waals surface area contributed by atoms with Gasteiger partial charge in [0.2, 0.25) is 10.0 Å². The fourth-order valence-corrected chi connectivity index (χ4v) is 3.94. The first-order valence-electron chi connectivity index (χ1n) is 7.10. The van der Waals surface area contributed by atoms with Gasteiger partial charge in [0.05, 0.1) is 5.02 Å². The van der Waals surface area contributed by atoms with Gasteiger partial charge in [0, 0.05) is 25.8 Å². The zero-order chi connectivity index (χ0) is 16.9. The van der Waals surface area contributed by atoms with Crippen molar-refractivity contribution >= 4 is 39.8 Å². The highest BCUT2D eigenvalue weighted by Crippen LogP contribution is 2.24. The summed E-state index contributed by atoms with van der Waals surface area (Å²) in [6.45, 7) is 0.707. The summed E-state index contributed by atoms with van der Waals surface area (Å²) in [6, 6.07) is 10.9. The highest BCUT2D eigenvalue weighted by Gasteiger charge is 2.26. The molecule has 2 rings (SSSR count). The van der Waals surface area contributed by atoms with Gasteiger partial charge < -0.3 is 11.5 Å². The van der Waals surface area contributed by atoms with Gasteiger partial charge in [0.1, 0.15) is 10.7 Å². The van der Waals surface area contributed by atoms with E-state index in [4.69, 9.17) is 23.1 Å². The minimum Gasteiger partial charge on any atom is -0.383 e. The molecule has 132 valence electrons. The van der Waals surface area contributed by atoms with Crippen LogP contribution in [-0.2, 0) is 16.4 Å². The van der Waals surface area contributed by atoms with E-state index in [1.165, 1.54) is 16.6 Å². The van der Waals surface area contributed by atoms with Gasteiger partial charge in [0.25, 0.3) is 0 Å². The molecule has 0 spiro atoms. The molecular weight excluding hydrogens is 371 g/mol. The lowest BCUT2D eigenvalue weighted by Crippen LogP contribution is -2.37. The van der Waals surface area contributed by atoms with Crippen molar-refractivity contribution in [2.24, 2.45) is 5.73 Å². The number of nitrogens with two attached hydrogens (primary N) is 2. The van der Waals surface area contributed by atoms with Crippen molar-refractivity contribution in [3.8, 4) is 0 Å². The zero-order valence-corrected chi connectivity index (χ0v) is 15.3. The third kappa shape index (κ3) is 5.06. The Bertz CT molecular complexity index is 757. The second-order valence-electron chi connectivity index (χ2n) is 4.97. The van der Waals surface area contributed by atoms with Gasteiger partial charge in [-0.25, -0.2) is 13.4 Å². The van der Waals surface area contributed by atoms with Crippen LogP contribution in [0.3, 0.4) is 0 Å². The number of rotatable bonds is 7. The van der Waals surface area contributed by atoms with E-state index in [0.717, 1.165) is 5.56 Å². The van der Waals surface area contributed by atoms with Crippen molar-refractivity contribution in [3.05, 3.63) is 53.2 Å². The quantitative estimate of drug-likeness (QED) is 0.751. The molecule has 9 heteroatoms. The number of sulfonamides is 1. The van der Waals surface area contributed by atoms with Gasteiger partial charge in [-0.05, 0) is 18.1 Å². The fourth-order valence-electron chi connectivity index (χ4n) is 2.17. The highest BCUT2D eigenvalue weighted by atomic mass is 35.5. The zero-order valence-electron chi connectivity index (χ0n) is 12.9. The topological polar surface area (TPSA) is 102 Å². The summed E-state index contributed by atoms with van der Waals surface area (Å²) in [5, 5.41) is 0.216. The van der Waals surface area contributed by atoms with Crippen molar-refractivity contribution in [1.29, 1.82) is 0 Å². The second kappa shape index (κ2) is 9.19. The van der Waals surface area contributed by atoms with Crippen molar-refractivity contribution in [1.82, 2.24) is 9.29 Å². The number of pyridine rings is 1. The predicted octanol–water partition coefficient (Wildman–Crippen LogP) is 1.93. The molecule has 0 saturated heterocycles. The highest BCUT2D eigenvalue weighted by molar-refractivity contribution is 7.89. The van der Waals surface area contributed by atoms with E-state index in [1.54, 1.807) is 0 Å². The molecule has 1 heterocycles. The SMILES string of the molecule is Cl.NCCN(CCc1ccccc1)S(=O)(=O)c1cc(Cl)cnc1N. The number of nitrogen functional groups attached to an aromatic ring is 1. The number of nitrogens with zero attached hydrogens (tertiary/aromatic N) is 2. The van der Waals surface area contributed by atoms with Gasteiger partial charge in [-0.2, -0.15) is 4.31 Å². The summed E-state index contributed by atoms with van der Waals surface area (Å²) in [5.74, 6) is -0.0730. The molecule has 0 bridgehead atoms. The summed E-state index contributed by atoms with van der Waals surface area (Å²) in [6.07, 6.45) is 1.89. The van der Waals surface area contributed by atoms with E-state index < -0.39 is 10.0 Å². The van der Waals surface area contributed by atoms with Gasteiger partial charge in [-0.3, -0.25) is 0 Å². The molecule has 0 radical (unpaired) electrons. The van der Waals surface area contributed by atoms with Gasteiger partial charge >= 0.3 is 0 Å². The van der Waals surface area contributed by atoms with Crippen LogP contribution >= 0.6 is 24.0 Å². The van der Waals surface area contributed by atoms with E-state index in [1.807, 2.05) is 30.3 Å². The van der Waals surface area contributed by atoms with Crippen LogP contribution in [0.5, 0.6) is 0 Å². The maximum absolute atomic E-state index is 12.8. The molecule has 0 aliphatic carbocycles. The predicted molar refractivity (Wildman–Crippen MR) is 98.9 cm³/mol. The van der Waals surface area contributed by atoms with Crippen LogP contribution in [0, 0.1) is 0 Å². The van der Waals surface area contributed by atoms with E-state index in [-0.39, 0.29) is 41.2 Å². The van der Waals surface area contributed by atoms with Crippen LogP contribution in [0.1, 0.15) is 5.56 Å². The van der Waals surface area contributed by atoms with E-state index in [2.05, 4.69) is 4.98 Å². The Balaban J connectivity index is 0.00000288. The normalized spacial score (nSPS) is 11.3. The summed E-state index contributed by atoms with van der Waals surface area (Å²) in [5.41, 5.74) is 12.3. The number of aromatic nitrogens is 1. The van der Waals surface area contributed by atoms with Crippen LogP contribution in [0.15, 0.2) is 47.5 Å². The molecule has 0 amide bonds. The van der Waals surface area contributed by atoms with Crippen LogP contribution < -0.4 is 11.5 Å². The molecule has 0 aliphatic rings. The lowest BCUT2D eigenvalue weighted by Gasteiger charge is -2.22. The molecule has 1 aromatic carbocycles. The molecular formula is C15H20Cl2N4O2S. The molecule has 24 heavy (non-hydrogen) atoms. The molecule has 0 unspecified atom stereocenters. The molecule has 0 fully saturated rings. The van der Waals surface area contributed by atoms with Crippen molar-refractivity contribution in [2.75, 3.05) is 25.4 Å². The lowest BCUT2D eigenvalue weighted by atomic mass is 10.1. The third-order valence-electron chi connectivity index (χ3n) is 3.34. The Morgan fingerprint density at radius 2 is 1.83 bits per heavy atom. The molecule has 4 N–H and O–H groups in total. The Kier molecular flexibility index (Phi) is 7.92. The smallest absolute Gasteiger partial charge is 0.246 e. The monoisotopic (exact) mass is 390 g/mol. The maximum atomic E-state index is 12.8. The first kappa shape index (κ1) is 20.7. The molecule has 0 aliphatic heterocycles. The molecule has 0 atom stereocenters. The number of benzene rings is 1. The summed E-state index contributed by atoms with van der Waals surface area (Å²) in [4.78, 5) is 3.72. The summed E-state index contributed by atoms with van der Waals surface area (Å²) in [7, 11) is -3.81. The first-order valence-corrected chi connectivity index (χ1v) is 8.92. The number of anilines is 1. The Hall–Kier alpha value is -1.38. The third-order valence-corrected chi connectivity index (χ3v) is 5.47. The van der Waals surface area contributed by atoms with Gasteiger partial charge in [0.15, 0.2) is 0 Å². The van der Waals surface area contributed by atoms with Gasteiger partial charge in [-0.1, -0.05) is 41.9 Å². The van der Waals surface area contributed by atoms with Crippen molar-refractivity contribution in [2.45, 2.75) is 11.3 Å². The number of hydrogen-bond acceptors (Lipinski definition) is 5. The molecule has 2 aromatic rings.